The fourth-order valence-corrected chi connectivity index (χ4v) is 0. The van der Waals surface area contributed by atoms with Gasteiger partial charge in [0.2, 0.25) is 0 Å². The molecule has 0 aromatic heterocycles. The van der Waals surface area contributed by atoms with Gasteiger partial charge >= 0.3 is 34.2 Å². The maximum absolute atomic E-state index is 3.46. The first-order valence-electron chi connectivity index (χ1n) is 1.22. The molecule has 0 aliphatic rings. The Balaban J connectivity index is 0. The average molecular weight is 100 g/mol. The van der Waals surface area contributed by atoms with Crippen molar-refractivity contribution in [2.75, 3.05) is 0 Å². The first-order valence-corrected chi connectivity index (χ1v) is 2.04. The predicted octanol–water partition coefficient (Wildman–Crippen LogP) is 0.757. The molecule has 0 amide bonds. The van der Waals surface area contributed by atoms with E-state index in [9.17, 15) is 0 Å². The molecule has 0 fully saturated rings. The van der Waals surface area contributed by atoms with Crippen molar-refractivity contribution in [3.8, 4) is 0 Å². The Labute approximate surface area is 48.1 Å². The maximum atomic E-state index is 3.46. The van der Waals surface area contributed by atoms with Crippen LogP contribution in [-0.4, -0.2) is 16.3 Å². The summed E-state index contributed by atoms with van der Waals surface area (Å²) in [5.41, 5.74) is 0. The molecule has 0 saturated carbocycles. The van der Waals surface area contributed by atoms with E-state index in [2.05, 4.69) is 22.9 Å². The molecule has 0 N–H and O–H groups in total. The van der Waals surface area contributed by atoms with E-state index in [4.69, 9.17) is 0 Å². The fraction of sp³-hybridized carbons (Fsp3) is 0.333. The first kappa shape index (κ1) is 9.16. The fourth-order valence-electron chi connectivity index (χ4n) is 0. The Kier molecular flexibility index (Phi) is 16.1. The molecule has 0 aromatic carbocycles. The summed E-state index contributed by atoms with van der Waals surface area (Å²) < 4.78 is 0. The Morgan fingerprint density at radius 2 is 2.00 bits per heavy atom. The van der Waals surface area contributed by atoms with Crippen molar-refractivity contribution in [1.29, 1.82) is 0 Å². The molecule has 0 aliphatic heterocycles. The average Bonchev–Trinajstić information content (AvgIpc) is 1.37. The van der Waals surface area contributed by atoms with Crippen LogP contribution in [0.25, 0.3) is 0 Å². The van der Waals surface area contributed by atoms with Gasteiger partial charge in [0.05, 0.1) is 0 Å². The molecule has 0 aromatic rings. The first-order chi connectivity index (χ1) is 1.91. The summed E-state index contributed by atoms with van der Waals surface area (Å²) in [6, 6.07) is 0. The summed E-state index contributed by atoms with van der Waals surface area (Å²) in [5.74, 6) is 0. The van der Waals surface area contributed by atoms with Gasteiger partial charge in [-0.1, -0.05) is 0 Å². The van der Waals surface area contributed by atoms with E-state index in [1.54, 1.807) is 0 Å². The molecule has 0 heterocycles. The van der Waals surface area contributed by atoms with Crippen LogP contribution < -0.4 is 0 Å². The van der Waals surface area contributed by atoms with Gasteiger partial charge in [-0.25, -0.2) is 0 Å². The minimum atomic E-state index is 0. The van der Waals surface area contributed by atoms with Gasteiger partial charge in [-0.2, -0.15) is 0 Å². The molecule has 26 valence electrons. The third-order valence-corrected chi connectivity index (χ3v) is 0.500. The molecular formula is C3H5AlS. The van der Waals surface area contributed by atoms with Gasteiger partial charge in [0.1, 0.15) is 0 Å². The van der Waals surface area contributed by atoms with E-state index in [1.807, 2.05) is 6.08 Å². The third kappa shape index (κ3) is 12.1. The van der Waals surface area contributed by atoms with Crippen LogP contribution in [0.2, 0.25) is 5.28 Å². The van der Waals surface area contributed by atoms with Crippen molar-refractivity contribution in [3.63, 3.8) is 0 Å². The zero-order valence-electron chi connectivity index (χ0n) is 2.98. The molecule has 0 nitrogen and oxygen atoms in total. The Hall–Kier alpha value is 0.622. The summed E-state index contributed by atoms with van der Waals surface area (Å²) in [6.07, 6.45) is 1.84. The van der Waals surface area contributed by atoms with Crippen LogP contribution in [-0.2, 0) is 13.5 Å². The Bertz CT molecular complexity index is 20.9. The topological polar surface area (TPSA) is 0 Å². The van der Waals surface area contributed by atoms with E-state index in [0.29, 0.717) is 0 Å². The molecule has 0 bridgehead atoms. The molecular weight excluding hydrogens is 95.1 g/mol. The smallest absolute Gasteiger partial charge is 2.00 e. The standard InChI is InChI=1S/C3H5.Al.S/c1-3-2;;/h3H,1-2H2;;/q;+2;-2. The van der Waals surface area contributed by atoms with Crippen LogP contribution in [0.5, 0.6) is 0 Å². The Morgan fingerprint density at radius 3 is 2.00 bits per heavy atom. The van der Waals surface area contributed by atoms with Crippen molar-refractivity contribution in [3.05, 3.63) is 12.7 Å². The summed E-state index contributed by atoms with van der Waals surface area (Å²) >= 11 is 2.54. The molecule has 0 rings (SSSR count). The monoisotopic (exact) mass is 100.0 g/mol. The van der Waals surface area contributed by atoms with Gasteiger partial charge in [0.15, 0.2) is 0 Å². The van der Waals surface area contributed by atoms with Crippen LogP contribution in [0.15, 0.2) is 12.7 Å². The predicted molar refractivity (Wildman–Crippen MR) is 28.1 cm³/mol. The van der Waals surface area contributed by atoms with Crippen LogP contribution in [0.4, 0.5) is 0 Å². The zero-order chi connectivity index (χ0) is 3.41. The number of rotatable bonds is 1. The van der Waals surface area contributed by atoms with Gasteiger partial charge in [-0.3, -0.25) is 0 Å². The largest absolute Gasteiger partial charge is 2.00 e. The number of allylic oxidation sites excluding steroid dienone is 1. The van der Waals surface area contributed by atoms with Crippen LogP contribution >= 0.6 is 0 Å². The normalized spacial score (nSPS) is 5.20. The van der Waals surface area contributed by atoms with E-state index >= 15 is 0 Å². The second-order valence-corrected chi connectivity index (χ2v) is 0.996. The van der Waals surface area contributed by atoms with Gasteiger partial charge in [0.25, 0.3) is 0 Å². The molecule has 5 heavy (non-hydrogen) atoms. The van der Waals surface area contributed by atoms with Crippen LogP contribution in [0, 0.1) is 0 Å². The Morgan fingerprint density at radius 1 is 1.80 bits per heavy atom. The van der Waals surface area contributed by atoms with Gasteiger partial charge < -0.3 is 13.5 Å². The number of hydrogen-bond donors (Lipinski definition) is 0. The van der Waals surface area contributed by atoms with Crippen molar-refractivity contribution in [2.24, 2.45) is 0 Å². The van der Waals surface area contributed by atoms with Crippen molar-refractivity contribution in [1.82, 2.24) is 0 Å². The number of hydrogen-bond acceptors (Lipinski definition) is 0. The summed E-state index contributed by atoms with van der Waals surface area (Å²) in [7, 11) is 0. The molecule has 0 atom stereocenters. The van der Waals surface area contributed by atoms with Crippen molar-refractivity contribution >= 4 is 29.8 Å². The van der Waals surface area contributed by atoms with Crippen LogP contribution in [0.3, 0.4) is 0 Å². The summed E-state index contributed by atoms with van der Waals surface area (Å²) in [6.45, 7) is 3.46. The zero-order valence-corrected chi connectivity index (χ0v) is 4.95. The molecule has 0 aliphatic carbocycles. The van der Waals surface area contributed by atoms with E-state index in [-0.39, 0.29) is 13.5 Å². The second-order valence-electron chi connectivity index (χ2n) is 0.524. The molecule has 0 spiro atoms. The minimum absolute atomic E-state index is 0. The van der Waals surface area contributed by atoms with E-state index < -0.39 is 0 Å². The van der Waals surface area contributed by atoms with Gasteiger partial charge in [0, 0.05) is 0 Å². The van der Waals surface area contributed by atoms with E-state index in [1.165, 1.54) is 0 Å². The van der Waals surface area contributed by atoms with Crippen molar-refractivity contribution < 1.29 is 0 Å². The quantitative estimate of drug-likeness (QED) is 0.337. The van der Waals surface area contributed by atoms with Gasteiger partial charge in [-0.05, 0) is 0 Å². The molecule has 0 saturated heterocycles. The minimum Gasteiger partial charge on any atom is -2.00 e. The maximum Gasteiger partial charge on any atom is -2.00 e. The summed E-state index contributed by atoms with van der Waals surface area (Å²) in [4.78, 5) is 0. The molecule has 0 unspecified atom stereocenters. The molecule has 2 heteroatoms. The second kappa shape index (κ2) is 8.82. The van der Waals surface area contributed by atoms with Crippen LogP contribution in [0.1, 0.15) is 0 Å². The third-order valence-electron chi connectivity index (χ3n) is 0.167. The van der Waals surface area contributed by atoms with Crippen molar-refractivity contribution in [2.45, 2.75) is 5.28 Å². The summed E-state index contributed by atoms with van der Waals surface area (Å²) in [5, 5.41) is 1.00. The van der Waals surface area contributed by atoms with Gasteiger partial charge in [-0.15, -0.1) is 0 Å². The van der Waals surface area contributed by atoms with E-state index in [0.717, 1.165) is 5.28 Å². The molecule has 0 radical (unpaired) electrons. The SMILES string of the molecule is C=C[CH2][Al+2].[S-2].